The van der Waals surface area contributed by atoms with Crippen LogP contribution in [0.1, 0.15) is 42.5 Å². The minimum absolute atomic E-state index is 0.147. The van der Waals surface area contributed by atoms with Gasteiger partial charge in [0.2, 0.25) is 0 Å². The first-order chi connectivity index (χ1) is 12.1. The van der Waals surface area contributed by atoms with Crippen LogP contribution in [0.5, 0.6) is 17.2 Å². The van der Waals surface area contributed by atoms with Crippen molar-refractivity contribution in [1.29, 1.82) is 0 Å². The van der Waals surface area contributed by atoms with E-state index < -0.39 is 0 Å². The molecule has 0 spiro atoms. The zero-order chi connectivity index (χ0) is 17.8. The molecule has 1 N–H and O–H groups in total. The minimum Gasteiger partial charge on any atom is -0.493 e. The molecular weight excluding hydrogens is 314 g/mol. The average Bonchev–Trinajstić information content (AvgIpc) is 2.65. The van der Waals surface area contributed by atoms with Crippen LogP contribution in [0.25, 0.3) is 0 Å². The van der Waals surface area contributed by atoms with Gasteiger partial charge in [-0.1, -0.05) is 26.0 Å². The van der Waals surface area contributed by atoms with Gasteiger partial charge in [-0.05, 0) is 59.8 Å². The summed E-state index contributed by atoms with van der Waals surface area (Å²) < 4.78 is 16.9. The molecule has 3 rings (SSSR count). The van der Waals surface area contributed by atoms with E-state index >= 15 is 0 Å². The van der Waals surface area contributed by atoms with Gasteiger partial charge in [0.25, 0.3) is 0 Å². The fourth-order valence-corrected chi connectivity index (χ4v) is 3.25. The number of fused-ring (bicyclic) bond motifs is 1. The zero-order valence-corrected chi connectivity index (χ0v) is 15.5. The third-order valence-electron chi connectivity index (χ3n) is 4.77. The van der Waals surface area contributed by atoms with E-state index in [0.717, 1.165) is 30.2 Å². The number of benzene rings is 2. The van der Waals surface area contributed by atoms with Crippen molar-refractivity contribution in [2.45, 2.75) is 32.2 Å². The van der Waals surface area contributed by atoms with Crippen LogP contribution >= 0.6 is 0 Å². The standard InChI is InChI=1S/C21H27NO3/c1-14(2)15-5-7-17(8-6-15)25-13-19-18-12-21(24-4)20(23-3)11-16(18)9-10-22-19/h5-8,11-12,14,19,22H,9-10,13H2,1-4H3/t19-/m0/s1. The van der Waals surface area contributed by atoms with Gasteiger partial charge in [-0.15, -0.1) is 0 Å². The van der Waals surface area contributed by atoms with Gasteiger partial charge in [0.15, 0.2) is 11.5 Å². The zero-order valence-electron chi connectivity index (χ0n) is 15.5. The first kappa shape index (κ1) is 17.6. The average molecular weight is 341 g/mol. The van der Waals surface area contributed by atoms with E-state index in [1.54, 1.807) is 14.2 Å². The minimum atomic E-state index is 0.147. The lowest BCUT2D eigenvalue weighted by molar-refractivity contribution is 0.260. The molecular formula is C21H27NO3. The fraction of sp³-hybridized carbons (Fsp3) is 0.429. The number of ether oxygens (including phenoxy) is 3. The van der Waals surface area contributed by atoms with Crippen LogP contribution in [0.15, 0.2) is 36.4 Å². The third kappa shape index (κ3) is 3.90. The van der Waals surface area contributed by atoms with Gasteiger partial charge in [-0.3, -0.25) is 0 Å². The number of hydrogen-bond donors (Lipinski definition) is 1. The molecule has 1 atom stereocenters. The van der Waals surface area contributed by atoms with Gasteiger partial charge in [0.05, 0.1) is 20.3 Å². The summed E-state index contributed by atoms with van der Waals surface area (Å²) in [6, 6.07) is 12.7. The van der Waals surface area contributed by atoms with Crippen molar-refractivity contribution < 1.29 is 14.2 Å². The second-order valence-corrected chi connectivity index (χ2v) is 6.70. The maximum absolute atomic E-state index is 6.03. The molecule has 0 saturated heterocycles. The number of rotatable bonds is 6. The first-order valence-corrected chi connectivity index (χ1v) is 8.83. The van der Waals surface area contributed by atoms with Crippen LogP contribution in [0, 0.1) is 0 Å². The number of hydrogen-bond acceptors (Lipinski definition) is 4. The molecule has 1 aliphatic heterocycles. The molecule has 2 aromatic rings. The lowest BCUT2D eigenvalue weighted by Crippen LogP contribution is -2.33. The Hall–Kier alpha value is -2.20. The molecule has 4 heteroatoms. The first-order valence-electron chi connectivity index (χ1n) is 8.83. The van der Waals surface area contributed by atoms with Crippen LogP contribution in [-0.4, -0.2) is 27.4 Å². The smallest absolute Gasteiger partial charge is 0.161 e. The molecule has 0 unspecified atom stereocenters. The van der Waals surface area contributed by atoms with Crippen LogP contribution in [-0.2, 0) is 6.42 Å². The topological polar surface area (TPSA) is 39.7 Å². The highest BCUT2D eigenvalue weighted by molar-refractivity contribution is 5.49. The summed E-state index contributed by atoms with van der Waals surface area (Å²) in [5.74, 6) is 2.98. The van der Waals surface area contributed by atoms with Crippen molar-refractivity contribution in [3.63, 3.8) is 0 Å². The van der Waals surface area contributed by atoms with Gasteiger partial charge in [0.1, 0.15) is 12.4 Å². The predicted octanol–water partition coefficient (Wildman–Crippen LogP) is 4.09. The van der Waals surface area contributed by atoms with Crippen LogP contribution < -0.4 is 19.5 Å². The fourth-order valence-electron chi connectivity index (χ4n) is 3.25. The van der Waals surface area contributed by atoms with Crippen LogP contribution in [0.2, 0.25) is 0 Å². The molecule has 0 saturated carbocycles. The summed E-state index contributed by atoms with van der Waals surface area (Å²) in [5, 5.41) is 3.54. The van der Waals surface area contributed by atoms with Crippen molar-refractivity contribution in [1.82, 2.24) is 5.32 Å². The highest BCUT2D eigenvalue weighted by Gasteiger charge is 2.23. The van der Waals surface area contributed by atoms with Gasteiger partial charge < -0.3 is 19.5 Å². The molecule has 0 radical (unpaired) electrons. The quantitative estimate of drug-likeness (QED) is 0.859. The Morgan fingerprint density at radius 1 is 1.04 bits per heavy atom. The largest absolute Gasteiger partial charge is 0.493 e. The van der Waals surface area contributed by atoms with E-state index in [4.69, 9.17) is 14.2 Å². The van der Waals surface area contributed by atoms with E-state index in [2.05, 4.69) is 43.4 Å². The van der Waals surface area contributed by atoms with Gasteiger partial charge in [0, 0.05) is 0 Å². The molecule has 0 fully saturated rings. The Labute approximate surface area is 150 Å². The summed E-state index contributed by atoms with van der Waals surface area (Å²) in [6.07, 6.45) is 0.981. The van der Waals surface area contributed by atoms with Crippen molar-refractivity contribution in [2.75, 3.05) is 27.4 Å². The van der Waals surface area contributed by atoms with Gasteiger partial charge in [-0.2, -0.15) is 0 Å². The Bertz CT molecular complexity index is 710. The normalized spacial score (nSPS) is 16.4. The monoisotopic (exact) mass is 341 g/mol. The maximum atomic E-state index is 6.03. The third-order valence-corrected chi connectivity index (χ3v) is 4.77. The molecule has 0 bridgehead atoms. The molecule has 4 nitrogen and oxygen atoms in total. The van der Waals surface area contributed by atoms with Crippen molar-refractivity contribution >= 4 is 0 Å². The van der Waals surface area contributed by atoms with E-state index in [-0.39, 0.29) is 6.04 Å². The molecule has 0 amide bonds. The molecule has 25 heavy (non-hydrogen) atoms. The second-order valence-electron chi connectivity index (χ2n) is 6.70. The second kappa shape index (κ2) is 7.79. The molecule has 1 aliphatic rings. The highest BCUT2D eigenvalue weighted by atomic mass is 16.5. The lowest BCUT2D eigenvalue weighted by Gasteiger charge is -2.28. The van der Waals surface area contributed by atoms with Crippen LogP contribution in [0.3, 0.4) is 0 Å². The van der Waals surface area contributed by atoms with Crippen molar-refractivity contribution in [2.24, 2.45) is 0 Å². The summed E-state index contributed by atoms with van der Waals surface area (Å²) in [5.41, 5.74) is 3.84. The number of nitrogens with one attached hydrogen (secondary N) is 1. The summed E-state index contributed by atoms with van der Waals surface area (Å²) in [4.78, 5) is 0. The molecule has 0 aliphatic carbocycles. The summed E-state index contributed by atoms with van der Waals surface area (Å²) in [6.45, 7) is 5.91. The lowest BCUT2D eigenvalue weighted by atomic mass is 9.94. The molecule has 134 valence electrons. The molecule has 1 heterocycles. The molecule has 0 aromatic heterocycles. The number of methoxy groups -OCH3 is 2. The van der Waals surface area contributed by atoms with E-state index in [9.17, 15) is 0 Å². The summed E-state index contributed by atoms with van der Waals surface area (Å²) in [7, 11) is 3.34. The van der Waals surface area contributed by atoms with Gasteiger partial charge >= 0.3 is 0 Å². The van der Waals surface area contributed by atoms with E-state index in [0.29, 0.717) is 12.5 Å². The van der Waals surface area contributed by atoms with Gasteiger partial charge in [-0.25, -0.2) is 0 Å². The molecule has 2 aromatic carbocycles. The van der Waals surface area contributed by atoms with E-state index in [1.165, 1.54) is 16.7 Å². The maximum Gasteiger partial charge on any atom is 0.161 e. The SMILES string of the molecule is COc1cc2c(cc1OC)[C@H](COc1ccc(C(C)C)cc1)NCC2. The van der Waals surface area contributed by atoms with E-state index in [1.807, 2.05) is 12.1 Å². The summed E-state index contributed by atoms with van der Waals surface area (Å²) >= 11 is 0. The Balaban J connectivity index is 1.74. The Kier molecular flexibility index (Phi) is 5.49. The predicted molar refractivity (Wildman–Crippen MR) is 100 cm³/mol. The Morgan fingerprint density at radius 3 is 2.36 bits per heavy atom. The van der Waals surface area contributed by atoms with Crippen molar-refractivity contribution in [3.05, 3.63) is 53.1 Å². The highest BCUT2D eigenvalue weighted by Crippen LogP contribution is 2.35. The van der Waals surface area contributed by atoms with Crippen molar-refractivity contribution in [3.8, 4) is 17.2 Å². The van der Waals surface area contributed by atoms with Crippen LogP contribution in [0.4, 0.5) is 0 Å². The Morgan fingerprint density at radius 2 is 1.72 bits per heavy atom.